The van der Waals surface area contributed by atoms with E-state index in [2.05, 4.69) is 20.8 Å². The summed E-state index contributed by atoms with van der Waals surface area (Å²) in [6.07, 6.45) is 2.85. The lowest BCUT2D eigenvalue weighted by Crippen LogP contribution is -2.38. The molecule has 0 aliphatic carbocycles. The van der Waals surface area contributed by atoms with Crippen LogP contribution in [0, 0.1) is 11.3 Å². The standard InChI is InChI=1S/C10H19NO2/c1-10(2,3)8-6-4-5-7-11(13)9(8)12/h8,13H,4-7H2,1-3H3. The van der Waals surface area contributed by atoms with Crippen LogP contribution in [-0.4, -0.2) is 22.7 Å². The second-order valence-corrected chi connectivity index (χ2v) is 4.88. The van der Waals surface area contributed by atoms with E-state index in [4.69, 9.17) is 0 Å². The Morgan fingerprint density at radius 2 is 2.00 bits per heavy atom. The quantitative estimate of drug-likeness (QED) is 0.587. The van der Waals surface area contributed by atoms with Crippen molar-refractivity contribution in [3.63, 3.8) is 0 Å². The summed E-state index contributed by atoms with van der Waals surface area (Å²) >= 11 is 0. The van der Waals surface area contributed by atoms with Gasteiger partial charge in [-0.15, -0.1) is 0 Å². The van der Waals surface area contributed by atoms with Crippen LogP contribution in [0.5, 0.6) is 0 Å². The molecule has 1 heterocycles. The fourth-order valence-electron chi connectivity index (χ4n) is 1.83. The topological polar surface area (TPSA) is 40.5 Å². The zero-order valence-electron chi connectivity index (χ0n) is 8.71. The average Bonchev–Trinajstić information content (AvgIpc) is 2.14. The van der Waals surface area contributed by atoms with Gasteiger partial charge in [-0.25, -0.2) is 5.06 Å². The van der Waals surface area contributed by atoms with Crippen LogP contribution in [0.15, 0.2) is 0 Å². The summed E-state index contributed by atoms with van der Waals surface area (Å²) < 4.78 is 0. The Bertz CT molecular complexity index is 196. The molecule has 1 N–H and O–H groups in total. The lowest BCUT2D eigenvalue weighted by Gasteiger charge is -2.29. The molecule has 3 heteroatoms. The number of amides is 1. The zero-order valence-corrected chi connectivity index (χ0v) is 8.71. The van der Waals surface area contributed by atoms with Gasteiger partial charge in [-0.1, -0.05) is 27.2 Å². The van der Waals surface area contributed by atoms with Gasteiger partial charge in [-0.2, -0.15) is 0 Å². The maximum atomic E-state index is 11.7. The van der Waals surface area contributed by atoms with E-state index in [1.807, 2.05) is 0 Å². The van der Waals surface area contributed by atoms with Gasteiger partial charge in [0.2, 0.25) is 5.91 Å². The Labute approximate surface area is 79.7 Å². The van der Waals surface area contributed by atoms with Gasteiger partial charge in [-0.05, 0) is 18.3 Å². The van der Waals surface area contributed by atoms with Crippen LogP contribution < -0.4 is 0 Å². The van der Waals surface area contributed by atoms with Gasteiger partial charge in [0.05, 0.1) is 0 Å². The Hall–Kier alpha value is -0.570. The smallest absolute Gasteiger partial charge is 0.249 e. The first-order valence-corrected chi connectivity index (χ1v) is 4.93. The largest absolute Gasteiger partial charge is 0.286 e. The molecular weight excluding hydrogens is 166 g/mol. The minimum absolute atomic E-state index is 0.0278. The van der Waals surface area contributed by atoms with Gasteiger partial charge in [0.1, 0.15) is 0 Å². The molecule has 1 fully saturated rings. The van der Waals surface area contributed by atoms with Crippen molar-refractivity contribution in [2.45, 2.75) is 40.0 Å². The molecule has 0 bridgehead atoms. The van der Waals surface area contributed by atoms with E-state index in [-0.39, 0.29) is 17.2 Å². The second kappa shape index (κ2) is 3.66. The van der Waals surface area contributed by atoms with Gasteiger partial charge in [-0.3, -0.25) is 10.0 Å². The highest BCUT2D eigenvalue weighted by molar-refractivity contribution is 5.78. The average molecular weight is 185 g/mol. The maximum Gasteiger partial charge on any atom is 0.249 e. The Kier molecular flexibility index (Phi) is 2.96. The SMILES string of the molecule is CC(C)(C)C1CCCCN(O)C1=O. The van der Waals surface area contributed by atoms with Gasteiger partial charge in [0, 0.05) is 12.5 Å². The third kappa shape index (κ3) is 2.44. The second-order valence-electron chi connectivity index (χ2n) is 4.88. The highest BCUT2D eigenvalue weighted by Crippen LogP contribution is 2.33. The van der Waals surface area contributed by atoms with Crippen molar-refractivity contribution >= 4 is 5.91 Å². The highest BCUT2D eigenvalue weighted by atomic mass is 16.5. The Balaban J connectivity index is 2.76. The fraction of sp³-hybridized carbons (Fsp3) is 0.900. The van der Waals surface area contributed by atoms with E-state index in [1.165, 1.54) is 0 Å². The van der Waals surface area contributed by atoms with Crippen molar-refractivity contribution in [1.29, 1.82) is 0 Å². The maximum absolute atomic E-state index is 11.7. The molecule has 1 saturated heterocycles. The molecule has 0 spiro atoms. The predicted octanol–water partition coefficient (Wildman–Crippen LogP) is 2.05. The predicted molar refractivity (Wildman–Crippen MR) is 50.3 cm³/mol. The summed E-state index contributed by atoms with van der Waals surface area (Å²) in [5.41, 5.74) is -0.0393. The first-order valence-electron chi connectivity index (χ1n) is 4.93. The molecule has 0 saturated carbocycles. The van der Waals surface area contributed by atoms with E-state index in [0.717, 1.165) is 24.3 Å². The Morgan fingerprint density at radius 3 is 2.54 bits per heavy atom. The fourth-order valence-corrected chi connectivity index (χ4v) is 1.83. The molecule has 1 unspecified atom stereocenters. The number of hydroxylamine groups is 2. The monoisotopic (exact) mass is 185 g/mol. The van der Waals surface area contributed by atoms with Crippen molar-refractivity contribution in [3.8, 4) is 0 Å². The first-order chi connectivity index (χ1) is 5.93. The van der Waals surface area contributed by atoms with Gasteiger partial charge < -0.3 is 0 Å². The molecule has 0 aromatic rings. The minimum Gasteiger partial charge on any atom is -0.286 e. The van der Waals surface area contributed by atoms with Crippen LogP contribution in [-0.2, 0) is 4.79 Å². The molecule has 13 heavy (non-hydrogen) atoms. The molecule has 0 aromatic carbocycles. The van der Waals surface area contributed by atoms with E-state index >= 15 is 0 Å². The summed E-state index contributed by atoms with van der Waals surface area (Å²) in [6.45, 7) is 6.64. The van der Waals surface area contributed by atoms with Crippen LogP contribution in [0.2, 0.25) is 0 Å². The molecule has 0 radical (unpaired) electrons. The normalized spacial score (nSPS) is 26.0. The molecule has 0 aromatic heterocycles. The van der Waals surface area contributed by atoms with Crippen molar-refractivity contribution in [1.82, 2.24) is 5.06 Å². The third-order valence-electron chi connectivity index (χ3n) is 2.71. The molecule has 1 aliphatic heterocycles. The number of rotatable bonds is 0. The highest BCUT2D eigenvalue weighted by Gasteiger charge is 2.34. The van der Waals surface area contributed by atoms with E-state index < -0.39 is 0 Å². The van der Waals surface area contributed by atoms with Crippen molar-refractivity contribution in [3.05, 3.63) is 0 Å². The Morgan fingerprint density at radius 1 is 1.38 bits per heavy atom. The van der Waals surface area contributed by atoms with Gasteiger partial charge in [0.25, 0.3) is 0 Å². The van der Waals surface area contributed by atoms with Gasteiger partial charge in [0.15, 0.2) is 0 Å². The molecule has 1 rings (SSSR count). The number of hydrogen-bond acceptors (Lipinski definition) is 2. The minimum atomic E-state index is -0.106. The van der Waals surface area contributed by atoms with Crippen molar-refractivity contribution in [2.24, 2.45) is 11.3 Å². The van der Waals surface area contributed by atoms with Crippen LogP contribution in [0.4, 0.5) is 0 Å². The lowest BCUT2D eigenvalue weighted by atomic mass is 9.78. The van der Waals surface area contributed by atoms with Crippen LogP contribution in [0.1, 0.15) is 40.0 Å². The molecule has 1 amide bonds. The summed E-state index contributed by atoms with van der Waals surface area (Å²) in [5.74, 6) is -0.134. The molecule has 1 aliphatic rings. The summed E-state index contributed by atoms with van der Waals surface area (Å²) in [5, 5.41) is 10.3. The summed E-state index contributed by atoms with van der Waals surface area (Å²) in [4.78, 5) is 11.7. The number of carbonyl (C=O) groups is 1. The van der Waals surface area contributed by atoms with Crippen molar-refractivity contribution in [2.75, 3.05) is 6.54 Å². The summed E-state index contributed by atoms with van der Waals surface area (Å²) in [7, 11) is 0. The van der Waals surface area contributed by atoms with Crippen LogP contribution in [0.25, 0.3) is 0 Å². The van der Waals surface area contributed by atoms with Crippen molar-refractivity contribution < 1.29 is 10.0 Å². The van der Waals surface area contributed by atoms with E-state index in [0.29, 0.717) is 6.54 Å². The molecule has 76 valence electrons. The number of hydrogen-bond donors (Lipinski definition) is 1. The molecular formula is C10H19NO2. The van der Waals surface area contributed by atoms with Crippen LogP contribution in [0.3, 0.4) is 0 Å². The first kappa shape index (κ1) is 10.5. The molecule has 1 atom stereocenters. The van der Waals surface area contributed by atoms with E-state index in [1.54, 1.807) is 0 Å². The van der Waals surface area contributed by atoms with E-state index in [9.17, 15) is 10.0 Å². The zero-order chi connectivity index (χ0) is 10.1. The number of nitrogens with zero attached hydrogens (tertiary/aromatic N) is 1. The summed E-state index contributed by atoms with van der Waals surface area (Å²) in [6, 6.07) is 0. The van der Waals surface area contributed by atoms with Crippen LogP contribution >= 0.6 is 0 Å². The molecule has 3 nitrogen and oxygen atoms in total. The van der Waals surface area contributed by atoms with Gasteiger partial charge >= 0.3 is 0 Å². The number of carbonyl (C=O) groups excluding carboxylic acids is 1. The third-order valence-corrected chi connectivity index (χ3v) is 2.71. The lowest BCUT2D eigenvalue weighted by molar-refractivity contribution is -0.172.